The van der Waals surface area contributed by atoms with E-state index in [9.17, 15) is 33.3 Å². The van der Waals surface area contributed by atoms with Crippen LogP contribution in [0.25, 0.3) is 5.69 Å². The van der Waals surface area contributed by atoms with Crippen molar-refractivity contribution >= 4 is 34.9 Å². The number of nitro benzene ring substituents is 1. The summed E-state index contributed by atoms with van der Waals surface area (Å²) in [5.74, 6) is -4.84. The number of ketones is 1. The first-order chi connectivity index (χ1) is 17.7. The van der Waals surface area contributed by atoms with Gasteiger partial charge in [-0.1, -0.05) is 18.2 Å². The third-order valence-electron chi connectivity index (χ3n) is 5.73. The Morgan fingerprint density at radius 2 is 1.57 bits per heavy atom. The van der Waals surface area contributed by atoms with Crippen LogP contribution in [0.4, 0.5) is 14.5 Å². The topological polar surface area (TPSA) is 128 Å². The van der Waals surface area contributed by atoms with E-state index in [2.05, 4.69) is 10.2 Å². The fraction of sp³-hybridized carbons (Fsp3) is 0.0417. The number of nitro groups is 1. The van der Waals surface area contributed by atoms with Crippen LogP contribution in [0.1, 0.15) is 42.5 Å². The zero-order valence-electron chi connectivity index (χ0n) is 18.4. The lowest BCUT2D eigenvalue weighted by Crippen LogP contribution is -2.30. The molecule has 5 rings (SSSR count). The van der Waals surface area contributed by atoms with Gasteiger partial charge in [0.2, 0.25) is 11.1 Å². The van der Waals surface area contributed by atoms with Crippen molar-refractivity contribution in [2.45, 2.75) is 6.54 Å². The number of amides is 2. The molecule has 0 bridgehead atoms. The zero-order chi connectivity index (χ0) is 26.4. The second kappa shape index (κ2) is 8.99. The maximum absolute atomic E-state index is 14.4. The number of benzene rings is 3. The van der Waals surface area contributed by atoms with E-state index in [1.807, 2.05) is 0 Å². The first kappa shape index (κ1) is 23.9. The van der Waals surface area contributed by atoms with Crippen LogP contribution in [-0.2, 0) is 6.54 Å². The van der Waals surface area contributed by atoms with Crippen LogP contribution in [0.5, 0.6) is 0 Å². The van der Waals surface area contributed by atoms with Crippen LogP contribution in [0.2, 0.25) is 5.28 Å². The minimum absolute atomic E-state index is 0.0867. The Balaban J connectivity index is 1.63. The third-order valence-corrected chi connectivity index (χ3v) is 5.98. The molecule has 0 N–H and O–H groups in total. The molecule has 3 aromatic carbocycles. The maximum atomic E-state index is 14.4. The Morgan fingerprint density at radius 3 is 2.16 bits per heavy atom. The summed E-state index contributed by atoms with van der Waals surface area (Å²) in [6.07, 6.45) is 0. The van der Waals surface area contributed by atoms with Crippen molar-refractivity contribution < 1.29 is 28.1 Å². The Kier molecular flexibility index (Phi) is 5.80. The summed E-state index contributed by atoms with van der Waals surface area (Å²) >= 11 is 6.22. The van der Waals surface area contributed by atoms with E-state index in [0.29, 0.717) is 0 Å². The van der Waals surface area contributed by atoms with Crippen molar-refractivity contribution in [2.75, 3.05) is 0 Å². The highest BCUT2D eigenvalue weighted by Crippen LogP contribution is 2.30. The molecule has 0 radical (unpaired) electrons. The number of halogens is 3. The molecule has 1 aliphatic heterocycles. The molecule has 37 heavy (non-hydrogen) atoms. The lowest BCUT2D eigenvalue weighted by Gasteiger charge is -2.16. The van der Waals surface area contributed by atoms with Gasteiger partial charge in [0.1, 0.15) is 11.6 Å². The first-order valence-corrected chi connectivity index (χ1v) is 10.9. The molecule has 0 saturated carbocycles. The van der Waals surface area contributed by atoms with Gasteiger partial charge >= 0.3 is 0 Å². The Morgan fingerprint density at radius 1 is 0.946 bits per heavy atom. The minimum atomic E-state index is -1.20. The Labute approximate surface area is 210 Å². The van der Waals surface area contributed by atoms with Gasteiger partial charge < -0.3 is 0 Å². The number of fused-ring (bicyclic) bond motifs is 1. The normalized spacial score (nSPS) is 12.7. The average molecular weight is 524 g/mol. The largest absolute Gasteiger partial charge is 0.288 e. The highest BCUT2D eigenvalue weighted by Gasteiger charge is 2.37. The van der Waals surface area contributed by atoms with E-state index in [0.717, 1.165) is 45.9 Å². The number of non-ortho nitro benzene ring substituents is 1. The first-order valence-electron chi connectivity index (χ1n) is 10.5. The van der Waals surface area contributed by atoms with Gasteiger partial charge in [-0.25, -0.2) is 8.78 Å². The lowest BCUT2D eigenvalue weighted by atomic mass is 9.99. The molecule has 0 spiro atoms. The summed E-state index contributed by atoms with van der Waals surface area (Å²) in [6, 6.07) is 12.0. The number of imide groups is 1. The Hall–Kier alpha value is -4.84. The number of aromatic nitrogens is 3. The van der Waals surface area contributed by atoms with Gasteiger partial charge in [-0.3, -0.25) is 34.0 Å². The quantitative estimate of drug-likeness (QED) is 0.161. The molecule has 1 aromatic heterocycles. The summed E-state index contributed by atoms with van der Waals surface area (Å²) in [5, 5.41) is 18.7. The second-order valence-electron chi connectivity index (χ2n) is 7.85. The van der Waals surface area contributed by atoms with E-state index in [4.69, 9.17) is 11.6 Å². The van der Waals surface area contributed by atoms with Crippen molar-refractivity contribution in [3.8, 4) is 5.69 Å². The molecule has 2 heterocycles. The van der Waals surface area contributed by atoms with E-state index in [1.54, 1.807) is 12.1 Å². The van der Waals surface area contributed by atoms with Crippen LogP contribution in [0, 0.1) is 21.7 Å². The van der Waals surface area contributed by atoms with Crippen molar-refractivity contribution in [1.29, 1.82) is 0 Å². The summed E-state index contributed by atoms with van der Waals surface area (Å²) in [5.41, 5.74) is -1.73. The standard InChI is InChI=1S/C24H12ClF2N5O5/c25-24-29-28-19(11-30-22(34)13-4-1-2-5-14(13)23(30)35)31(24)18-9-8-12(32(36)37)10-15(18)21(33)20-16(26)6-3-7-17(20)27/h1-10H,11H2. The van der Waals surface area contributed by atoms with Crippen molar-refractivity contribution in [3.63, 3.8) is 0 Å². The fourth-order valence-electron chi connectivity index (χ4n) is 4.02. The van der Waals surface area contributed by atoms with E-state index >= 15 is 0 Å². The number of rotatable bonds is 6. The smallest absolute Gasteiger partial charge is 0.270 e. The van der Waals surface area contributed by atoms with Crippen molar-refractivity contribution in [3.05, 3.63) is 116 Å². The average Bonchev–Trinajstić information content (AvgIpc) is 3.36. The van der Waals surface area contributed by atoms with E-state index in [-0.39, 0.29) is 27.9 Å². The molecule has 0 atom stereocenters. The Bertz CT molecular complexity index is 1600. The van der Waals surface area contributed by atoms with E-state index in [1.165, 1.54) is 12.1 Å². The van der Waals surface area contributed by atoms with E-state index < -0.39 is 57.5 Å². The SMILES string of the molecule is O=C(c1cc([N+](=O)[O-])ccc1-n1c(Cl)nnc1CN1C(=O)c2ccccc2C1=O)c1c(F)cccc1F. The van der Waals surface area contributed by atoms with Gasteiger partial charge in [0, 0.05) is 12.1 Å². The summed E-state index contributed by atoms with van der Waals surface area (Å²) < 4.78 is 29.9. The highest BCUT2D eigenvalue weighted by atomic mass is 35.5. The molecule has 0 aliphatic carbocycles. The van der Waals surface area contributed by atoms with Crippen molar-refractivity contribution in [2.24, 2.45) is 0 Å². The van der Waals surface area contributed by atoms with Gasteiger partial charge in [0.25, 0.3) is 17.5 Å². The monoisotopic (exact) mass is 523 g/mol. The lowest BCUT2D eigenvalue weighted by molar-refractivity contribution is -0.384. The summed E-state index contributed by atoms with van der Waals surface area (Å²) in [7, 11) is 0. The number of nitrogens with zero attached hydrogens (tertiary/aromatic N) is 5. The molecule has 1 aliphatic rings. The predicted octanol–water partition coefficient (Wildman–Crippen LogP) is 4.13. The molecular formula is C24H12ClF2N5O5. The summed E-state index contributed by atoms with van der Waals surface area (Å²) in [6.45, 7) is -0.426. The van der Waals surface area contributed by atoms with Crippen molar-refractivity contribution in [1.82, 2.24) is 19.7 Å². The van der Waals surface area contributed by atoms with Gasteiger partial charge in [-0.15, -0.1) is 10.2 Å². The molecule has 0 unspecified atom stereocenters. The summed E-state index contributed by atoms with van der Waals surface area (Å²) in [4.78, 5) is 50.4. The van der Waals surface area contributed by atoms with Crippen LogP contribution in [-0.4, -0.2) is 42.2 Å². The molecule has 4 aromatic rings. The fourth-order valence-corrected chi connectivity index (χ4v) is 4.25. The van der Waals surface area contributed by atoms with Crippen LogP contribution < -0.4 is 0 Å². The molecule has 0 fully saturated rings. The molecule has 0 saturated heterocycles. The van der Waals surface area contributed by atoms with Gasteiger partial charge in [-0.05, 0) is 41.9 Å². The third kappa shape index (κ3) is 3.93. The van der Waals surface area contributed by atoms with Gasteiger partial charge in [-0.2, -0.15) is 0 Å². The van der Waals surface area contributed by atoms with Crippen LogP contribution in [0.15, 0.2) is 60.7 Å². The number of carbonyl (C=O) groups excluding carboxylic acids is 3. The molecule has 184 valence electrons. The number of hydrogen-bond donors (Lipinski definition) is 0. The van der Waals surface area contributed by atoms with Gasteiger partial charge in [0.15, 0.2) is 5.82 Å². The van der Waals surface area contributed by atoms with Crippen LogP contribution in [0.3, 0.4) is 0 Å². The maximum Gasteiger partial charge on any atom is 0.270 e. The van der Waals surface area contributed by atoms with Crippen LogP contribution >= 0.6 is 11.6 Å². The second-order valence-corrected chi connectivity index (χ2v) is 8.19. The number of hydrogen-bond acceptors (Lipinski definition) is 7. The number of carbonyl (C=O) groups is 3. The molecule has 2 amide bonds. The minimum Gasteiger partial charge on any atom is -0.288 e. The van der Waals surface area contributed by atoms with Gasteiger partial charge in [0.05, 0.1) is 39.4 Å². The molecular weight excluding hydrogens is 512 g/mol. The molecule has 13 heteroatoms. The highest BCUT2D eigenvalue weighted by molar-refractivity contribution is 6.28. The zero-order valence-corrected chi connectivity index (χ0v) is 19.1. The predicted molar refractivity (Wildman–Crippen MR) is 123 cm³/mol. The molecule has 10 nitrogen and oxygen atoms in total.